The van der Waals surface area contributed by atoms with E-state index in [1.807, 2.05) is 4.90 Å². The monoisotopic (exact) mass is 275 g/mol. The molecule has 0 spiro atoms. The summed E-state index contributed by atoms with van der Waals surface area (Å²) in [6, 6.07) is 6.25. The molecule has 6 nitrogen and oxygen atoms in total. The quantitative estimate of drug-likeness (QED) is 0.654. The maximum Gasteiger partial charge on any atom is 0.269 e. The predicted octanol–water partition coefficient (Wildman–Crippen LogP) is 1.42. The molecule has 1 aromatic rings. The highest BCUT2D eigenvalue weighted by atomic mass is 16.6. The maximum absolute atomic E-state index is 12.4. The van der Waals surface area contributed by atoms with Gasteiger partial charge in [-0.2, -0.15) is 0 Å². The minimum Gasteiger partial charge on any atom is -0.337 e. The van der Waals surface area contributed by atoms with Crippen molar-refractivity contribution in [1.29, 1.82) is 0 Å². The zero-order valence-corrected chi connectivity index (χ0v) is 11.1. The summed E-state index contributed by atoms with van der Waals surface area (Å²) < 4.78 is 0. The van der Waals surface area contributed by atoms with Gasteiger partial charge >= 0.3 is 0 Å². The molecule has 2 aliphatic rings. The Balaban J connectivity index is 1.71. The van der Waals surface area contributed by atoms with Crippen molar-refractivity contribution in [3.63, 3.8) is 0 Å². The Labute approximate surface area is 116 Å². The van der Waals surface area contributed by atoms with Crippen molar-refractivity contribution < 1.29 is 9.72 Å². The second-order valence-electron chi connectivity index (χ2n) is 5.48. The molecule has 0 bridgehead atoms. The molecule has 0 radical (unpaired) electrons. The number of likely N-dealkylation sites (tertiary alicyclic amines) is 1. The number of nitrogens with one attached hydrogen (secondary N) is 1. The van der Waals surface area contributed by atoms with Gasteiger partial charge in [0, 0.05) is 36.8 Å². The topological polar surface area (TPSA) is 75.5 Å². The smallest absolute Gasteiger partial charge is 0.269 e. The second kappa shape index (κ2) is 5.20. The van der Waals surface area contributed by atoms with Gasteiger partial charge in [-0.15, -0.1) is 0 Å². The molecule has 2 fully saturated rings. The number of fused-ring (bicyclic) bond motifs is 1. The van der Waals surface area contributed by atoms with E-state index in [1.165, 1.54) is 37.1 Å². The van der Waals surface area contributed by atoms with Gasteiger partial charge < -0.3 is 10.2 Å². The van der Waals surface area contributed by atoms with Crippen LogP contribution in [0.5, 0.6) is 0 Å². The van der Waals surface area contributed by atoms with E-state index >= 15 is 0 Å². The second-order valence-corrected chi connectivity index (χ2v) is 5.48. The zero-order chi connectivity index (χ0) is 14.1. The highest BCUT2D eigenvalue weighted by molar-refractivity contribution is 5.94. The summed E-state index contributed by atoms with van der Waals surface area (Å²) in [5.41, 5.74) is 0.535. The van der Waals surface area contributed by atoms with Crippen molar-refractivity contribution in [1.82, 2.24) is 10.2 Å². The molecule has 20 heavy (non-hydrogen) atoms. The Kier molecular flexibility index (Phi) is 3.40. The number of amides is 1. The average Bonchev–Trinajstić information content (AvgIpc) is 2.90. The van der Waals surface area contributed by atoms with Crippen LogP contribution in [0.2, 0.25) is 0 Å². The molecular weight excluding hydrogens is 258 g/mol. The van der Waals surface area contributed by atoms with Crippen LogP contribution < -0.4 is 5.32 Å². The summed E-state index contributed by atoms with van der Waals surface area (Å²) in [5.74, 6) is 0.516. The van der Waals surface area contributed by atoms with Crippen LogP contribution in [-0.2, 0) is 0 Å². The van der Waals surface area contributed by atoms with Gasteiger partial charge in [-0.1, -0.05) is 0 Å². The van der Waals surface area contributed by atoms with Crippen LogP contribution in [-0.4, -0.2) is 41.4 Å². The maximum atomic E-state index is 12.4. The number of nitro groups is 1. The van der Waals surface area contributed by atoms with Gasteiger partial charge in [0.25, 0.3) is 11.6 Å². The molecular formula is C14H17N3O3. The average molecular weight is 275 g/mol. The van der Waals surface area contributed by atoms with Crippen LogP contribution in [0.15, 0.2) is 24.3 Å². The number of rotatable bonds is 2. The third-order valence-corrected chi connectivity index (χ3v) is 4.21. The zero-order valence-electron chi connectivity index (χ0n) is 11.1. The minimum absolute atomic E-state index is 0.0123. The van der Waals surface area contributed by atoms with Crippen molar-refractivity contribution in [3.8, 4) is 0 Å². The van der Waals surface area contributed by atoms with E-state index in [9.17, 15) is 14.9 Å². The molecule has 2 unspecified atom stereocenters. The molecule has 106 valence electrons. The predicted molar refractivity (Wildman–Crippen MR) is 73.5 cm³/mol. The fourth-order valence-electron chi connectivity index (χ4n) is 3.12. The third-order valence-electron chi connectivity index (χ3n) is 4.21. The van der Waals surface area contributed by atoms with Gasteiger partial charge in [0.1, 0.15) is 0 Å². The normalized spacial score (nSPS) is 25.3. The Hall–Kier alpha value is -1.95. The Morgan fingerprint density at radius 1 is 1.30 bits per heavy atom. The molecule has 0 aromatic heterocycles. The molecule has 2 aliphatic heterocycles. The molecule has 2 atom stereocenters. The molecule has 0 saturated carbocycles. The fourth-order valence-corrected chi connectivity index (χ4v) is 3.12. The van der Waals surface area contributed by atoms with Crippen LogP contribution in [0, 0.1) is 16.0 Å². The summed E-state index contributed by atoms with van der Waals surface area (Å²) in [6.07, 6.45) is 2.34. The molecule has 3 rings (SSSR count). The number of benzene rings is 1. The van der Waals surface area contributed by atoms with Crippen molar-refractivity contribution in [3.05, 3.63) is 39.9 Å². The summed E-state index contributed by atoms with van der Waals surface area (Å²) in [5, 5.41) is 14.1. The van der Waals surface area contributed by atoms with Gasteiger partial charge in [-0.3, -0.25) is 14.9 Å². The fraction of sp³-hybridized carbons (Fsp3) is 0.500. The Morgan fingerprint density at radius 2 is 2.05 bits per heavy atom. The lowest BCUT2D eigenvalue weighted by Crippen LogP contribution is -2.41. The highest BCUT2D eigenvalue weighted by Gasteiger charge is 2.36. The van der Waals surface area contributed by atoms with Gasteiger partial charge in [-0.05, 0) is 37.4 Å². The molecule has 1 aromatic carbocycles. The third kappa shape index (κ3) is 2.38. The lowest BCUT2D eigenvalue weighted by molar-refractivity contribution is -0.384. The largest absolute Gasteiger partial charge is 0.337 e. The first kappa shape index (κ1) is 13.1. The molecule has 1 amide bonds. The Morgan fingerprint density at radius 3 is 2.70 bits per heavy atom. The van der Waals surface area contributed by atoms with Crippen molar-refractivity contribution in [2.45, 2.75) is 18.9 Å². The number of nitrogens with zero attached hydrogens (tertiary/aromatic N) is 2. The molecule has 0 aliphatic carbocycles. The summed E-state index contributed by atoms with van der Waals surface area (Å²) >= 11 is 0. The molecule has 2 heterocycles. The standard InChI is InChI=1S/C14H17N3O3/c18-14(10-3-5-12(6-4-10)17(19)20)16-8-11-2-1-7-15-13(11)9-16/h3-6,11,13,15H,1-2,7-9H2. The summed E-state index contributed by atoms with van der Waals surface area (Å²) in [4.78, 5) is 24.4. The lowest BCUT2D eigenvalue weighted by atomic mass is 9.94. The highest BCUT2D eigenvalue weighted by Crippen LogP contribution is 2.26. The van der Waals surface area contributed by atoms with E-state index in [-0.39, 0.29) is 11.6 Å². The van der Waals surface area contributed by atoms with Crippen LogP contribution in [0.4, 0.5) is 5.69 Å². The summed E-state index contributed by atoms with van der Waals surface area (Å²) in [7, 11) is 0. The number of piperidine rings is 1. The number of carbonyl (C=O) groups is 1. The van der Waals surface area contributed by atoms with Crippen molar-refractivity contribution in [2.24, 2.45) is 5.92 Å². The molecule has 1 N–H and O–H groups in total. The number of hydrogen-bond donors (Lipinski definition) is 1. The van der Waals surface area contributed by atoms with Crippen molar-refractivity contribution in [2.75, 3.05) is 19.6 Å². The lowest BCUT2D eigenvalue weighted by Gasteiger charge is -2.24. The van der Waals surface area contributed by atoms with Gasteiger partial charge in [0.05, 0.1) is 4.92 Å². The first-order chi connectivity index (χ1) is 9.65. The van der Waals surface area contributed by atoms with Crippen LogP contribution in [0.1, 0.15) is 23.2 Å². The van der Waals surface area contributed by atoms with E-state index in [4.69, 9.17) is 0 Å². The first-order valence-corrected chi connectivity index (χ1v) is 6.92. The van der Waals surface area contributed by atoms with E-state index in [1.54, 1.807) is 0 Å². The minimum atomic E-state index is -0.456. The van der Waals surface area contributed by atoms with Gasteiger partial charge in [-0.25, -0.2) is 0 Å². The van der Waals surface area contributed by atoms with Gasteiger partial charge in [0.15, 0.2) is 0 Å². The van der Waals surface area contributed by atoms with E-state index in [0.717, 1.165) is 19.6 Å². The summed E-state index contributed by atoms with van der Waals surface area (Å²) in [6.45, 7) is 2.55. The Bertz CT molecular complexity index is 515. The van der Waals surface area contributed by atoms with Crippen LogP contribution in [0.25, 0.3) is 0 Å². The van der Waals surface area contributed by atoms with Crippen molar-refractivity contribution >= 4 is 11.6 Å². The van der Waals surface area contributed by atoms with E-state index in [2.05, 4.69) is 5.32 Å². The van der Waals surface area contributed by atoms with Crippen LogP contribution in [0.3, 0.4) is 0 Å². The first-order valence-electron chi connectivity index (χ1n) is 6.92. The number of non-ortho nitro benzene ring substituents is 1. The van der Waals surface area contributed by atoms with Gasteiger partial charge in [0.2, 0.25) is 0 Å². The van der Waals surface area contributed by atoms with E-state index < -0.39 is 4.92 Å². The van der Waals surface area contributed by atoms with Crippen LogP contribution >= 0.6 is 0 Å². The SMILES string of the molecule is O=C(c1ccc([N+](=O)[O-])cc1)N1CC2CCCNC2C1. The molecule has 2 saturated heterocycles. The number of carbonyl (C=O) groups excluding carboxylic acids is 1. The van der Waals surface area contributed by atoms with E-state index in [0.29, 0.717) is 17.5 Å². The number of hydrogen-bond acceptors (Lipinski definition) is 4. The number of nitro benzene ring substituents is 1. The molecule has 6 heteroatoms.